The van der Waals surface area contributed by atoms with Crippen LogP contribution < -0.4 is 0 Å². The maximum atomic E-state index is 11.7. The van der Waals surface area contributed by atoms with Gasteiger partial charge in [-0.15, -0.1) is 0 Å². The number of aryl methyl sites for hydroxylation is 1. The molecule has 0 amide bonds. The van der Waals surface area contributed by atoms with Crippen LogP contribution in [-0.2, 0) is 35.6 Å². The number of hydrogen-bond donors (Lipinski definition) is 0. The predicted octanol–water partition coefficient (Wildman–Crippen LogP) is 2.63. The van der Waals surface area contributed by atoms with Crippen molar-refractivity contribution in [3.8, 4) is 0 Å². The van der Waals surface area contributed by atoms with E-state index in [9.17, 15) is 4.79 Å². The quantitative estimate of drug-likeness (QED) is 0.814. The molecule has 0 bridgehead atoms. The molecule has 0 aliphatic carbocycles. The SMILES string of the molecule is CCn1c(C)c(CC(=O)OC)c2cc3c(cc21)CN(C)C3. The summed E-state index contributed by atoms with van der Waals surface area (Å²) in [6, 6.07) is 4.57. The van der Waals surface area contributed by atoms with Crippen molar-refractivity contribution in [2.45, 2.75) is 39.9 Å². The number of methoxy groups -OCH3 is 1. The fraction of sp³-hybridized carbons (Fsp3) is 0.471. The van der Waals surface area contributed by atoms with E-state index in [-0.39, 0.29) is 5.97 Å². The Labute approximate surface area is 125 Å². The first kappa shape index (κ1) is 14.1. The van der Waals surface area contributed by atoms with E-state index in [1.807, 2.05) is 0 Å². The van der Waals surface area contributed by atoms with Crippen molar-refractivity contribution in [1.29, 1.82) is 0 Å². The first-order chi connectivity index (χ1) is 10.0. The standard InChI is InChI=1S/C17H22N2O2/c1-5-19-11(2)14(8-17(20)21-4)15-6-12-9-18(3)10-13(12)7-16(15)19/h6-7H,5,8-10H2,1-4H3. The Kier molecular flexibility index (Phi) is 3.49. The largest absolute Gasteiger partial charge is 0.469 e. The first-order valence-corrected chi connectivity index (χ1v) is 7.44. The zero-order chi connectivity index (χ0) is 15.1. The van der Waals surface area contributed by atoms with Gasteiger partial charge in [-0.2, -0.15) is 0 Å². The zero-order valence-electron chi connectivity index (χ0n) is 13.2. The van der Waals surface area contributed by atoms with Crippen LogP contribution in [0.1, 0.15) is 29.3 Å². The lowest BCUT2D eigenvalue weighted by Crippen LogP contribution is -2.07. The highest BCUT2D eigenvalue weighted by Crippen LogP contribution is 2.32. The highest BCUT2D eigenvalue weighted by Gasteiger charge is 2.21. The van der Waals surface area contributed by atoms with Gasteiger partial charge in [0, 0.05) is 36.2 Å². The molecule has 2 heterocycles. The molecule has 3 rings (SSSR count). The lowest BCUT2D eigenvalue weighted by Gasteiger charge is -2.05. The van der Waals surface area contributed by atoms with Gasteiger partial charge >= 0.3 is 5.97 Å². The van der Waals surface area contributed by atoms with Crippen LogP contribution in [-0.4, -0.2) is 29.6 Å². The monoisotopic (exact) mass is 286 g/mol. The number of ether oxygens (including phenoxy) is 1. The van der Waals surface area contributed by atoms with E-state index in [4.69, 9.17) is 4.74 Å². The van der Waals surface area contributed by atoms with Crippen LogP contribution >= 0.6 is 0 Å². The van der Waals surface area contributed by atoms with Crippen molar-refractivity contribution < 1.29 is 9.53 Å². The summed E-state index contributed by atoms with van der Waals surface area (Å²) in [4.78, 5) is 14.0. The Hall–Kier alpha value is -1.81. The molecule has 4 heteroatoms. The van der Waals surface area contributed by atoms with Gasteiger partial charge in [-0.3, -0.25) is 9.69 Å². The Bertz CT molecular complexity index is 715. The predicted molar refractivity (Wildman–Crippen MR) is 83.2 cm³/mol. The van der Waals surface area contributed by atoms with Crippen LogP contribution in [0.4, 0.5) is 0 Å². The first-order valence-electron chi connectivity index (χ1n) is 7.44. The van der Waals surface area contributed by atoms with Crippen molar-refractivity contribution in [1.82, 2.24) is 9.47 Å². The minimum atomic E-state index is -0.175. The van der Waals surface area contributed by atoms with E-state index in [1.54, 1.807) is 0 Å². The molecule has 0 saturated carbocycles. The fourth-order valence-corrected chi connectivity index (χ4v) is 3.46. The maximum Gasteiger partial charge on any atom is 0.310 e. The van der Waals surface area contributed by atoms with E-state index in [0.717, 1.165) is 25.2 Å². The summed E-state index contributed by atoms with van der Waals surface area (Å²) < 4.78 is 7.15. The number of benzene rings is 1. The number of esters is 1. The molecule has 0 radical (unpaired) electrons. The summed E-state index contributed by atoms with van der Waals surface area (Å²) >= 11 is 0. The Balaban J connectivity index is 2.20. The highest BCUT2D eigenvalue weighted by molar-refractivity contribution is 5.90. The third kappa shape index (κ3) is 2.23. The van der Waals surface area contributed by atoms with Crippen molar-refractivity contribution in [3.63, 3.8) is 0 Å². The van der Waals surface area contributed by atoms with Crippen LogP contribution in [0.15, 0.2) is 12.1 Å². The number of hydrogen-bond acceptors (Lipinski definition) is 3. The molecular formula is C17H22N2O2. The lowest BCUT2D eigenvalue weighted by atomic mass is 10.0. The molecule has 21 heavy (non-hydrogen) atoms. The maximum absolute atomic E-state index is 11.7. The Morgan fingerprint density at radius 1 is 1.29 bits per heavy atom. The molecular weight excluding hydrogens is 264 g/mol. The van der Waals surface area contributed by atoms with E-state index in [1.165, 1.54) is 34.8 Å². The van der Waals surface area contributed by atoms with Crippen molar-refractivity contribution in [2.75, 3.05) is 14.2 Å². The normalized spacial score (nSPS) is 14.7. The van der Waals surface area contributed by atoms with E-state index >= 15 is 0 Å². The Morgan fingerprint density at radius 3 is 2.57 bits per heavy atom. The summed E-state index contributed by atoms with van der Waals surface area (Å²) in [5, 5.41) is 1.20. The summed E-state index contributed by atoms with van der Waals surface area (Å²) in [5.41, 5.74) is 6.31. The molecule has 2 aromatic rings. The van der Waals surface area contributed by atoms with Gasteiger partial charge in [0.2, 0.25) is 0 Å². The minimum absolute atomic E-state index is 0.175. The summed E-state index contributed by atoms with van der Waals surface area (Å²) in [5.74, 6) is -0.175. The van der Waals surface area contributed by atoms with Gasteiger partial charge in [-0.25, -0.2) is 0 Å². The molecule has 1 aromatic heterocycles. The average molecular weight is 286 g/mol. The van der Waals surface area contributed by atoms with Gasteiger partial charge in [0.05, 0.1) is 13.5 Å². The lowest BCUT2D eigenvalue weighted by molar-refractivity contribution is -0.139. The molecule has 0 atom stereocenters. The van der Waals surface area contributed by atoms with Gasteiger partial charge in [-0.1, -0.05) is 0 Å². The molecule has 112 valence electrons. The molecule has 1 aromatic carbocycles. The van der Waals surface area contributed by atoms with Crippen LogP contribution in [0.5, 0.6) is 0 Å². The van der Waals surface area contributed by atoms with Gasteiger partial charge in [0.25, 0.3) is 0 Å². The third-order valence-corrected chi connectivity index (χ3v) is 4.52. The molecule has 0 unspecified atom stereocenters. The summed E-state index contributed by atoms with van der Waals surface area (Å²) in [7, 11) is 3.59. The minimum Gasteiger partial charge on any atom is -0.469 e. The second-order valence-electron chi connectivity index (χ2n) is 5.87. The smallest absolute Gasteiger partial charge is 0.310 e. The van der Waals surface area contributed by atoms with Crippen LogP contribution in [0.2, 0.25) is 0 Å². The molecule has 4 nitrogen and oxygen atoms in total. The molecule has 1 aliphatic rings. The van der Waals surface area contributed by atoms with Gasteiger partial charge in [0.1, 0.15) is 0 Å². The molecule has 1 aliphatic heterocycles. The topological polar surface area (TPSA) is 34.5 Å². The fourth-order valence-electron chi connectivity index (χ4n) is 3.46. The molecule has 0 saturated heterocycles. The van der Waals surface area contributed by atoms with E-state index < -0.39 is 0 Å². The van der Waals surface area contributed by atoms with Crippen molar-refractivity contribution >= 4 is 16.9 Å². The number of aromatic nitrogens is 1. The van der Waals surface area contributed by atoms with Crippen LogP contribution in [0.3, 0.4) is 0 Å². The van der Waals surface area contributed by atoms with E-state index in [2.05, 4.69) is 42.5 Å². The molecule has 0 fully saturated rings. The van der Waals surface area contributed by atoms with Crippen LogP contribution in [0.25, 0.3) is 10.9 Å². The number of nitrogens with zero attached hydrogens (tertiary/aromatic N) is 2. The number of fused-ring (bicyclic) bond motifs is 2. The molecule has 0 spiro atoms. The van der Waals surface area contributed by atoms with E-state index in [0.29, 0.717) is 6.42 Å². The number of carbonyl (C=O) groups excluding carboxylic acids is 1. The highest BCUT2D eigenvalue weighted by atomic mass is 16.5. The van der Waals surface area contributed by atoms with Crippen molar-refractivity contribution in [3.05, 3.63) is 34.5 Å². The van der Waals surface area contributed by atoms with Crippen molar-refractivity contribution in [2.24, 2.45) is 0 Å². The van der Waals surface area contributed by atoms with Crippen LogP contribution in [0, 0.1) is 6.92 Å². The van der Waals surface area contributed by atoms with Gasteiger partial charge in [-0.05, 0) is 49.7 Å². The average Bonchev–Trinajstić information content (AvgIpc) is 2.93. The summed E-state index contributed by atoms with van der Waals surface area (Å²) in [6.07, 6.45) is 0.348. The van der Waals surface area contributed by atoms with Gasteiger partial charge < -0.3 is 9.30 Å². The summed E-state index contributed by atoms with van der Waals surface area (Å²) in [6.45, 7) is 7.15. The Morgan fingerprint density at radius 2 is 1.95 bits per heavy atom. The second kappa shape index (κ2) is 5.19. The zero-order valence-corrected chi connectivity index (χ0v) is 13.2. The molecule has 0 N–H and O–H groups in total. The second-order valence-corrected chi connectivity index (χ2v) is 5.87. The van der Waals surface area contributed by atoms with Gasteiger partial charge in [0.15, 0.2) is 0 Å². The third-order valence-electron chi connectivity index (χ3n) is 4.52. The number of carbonyl (C=O) groups is 1. The number of rotatable bonds is 3.